The highest BCUT2D eigenvalue weighted by Crippen LogP contribution is 2.27. The van der Waals surface area contributed by atoms with Crippen LogP contribution >= 0.6 is 0 Å². The second-order valence-electron chi connectivity index (χ2n) is 6.55. The summed E-state index contributed by atoms with van der Waals surface area (Å²) in [5.74, 6) is 0. The van der Waals surface area contributed by atoms with Crippen LogP contribution in [0, 0.1) is 0 Å². The van der Waals surface area contributed by atoms with Crippen molar-refractivity contribution in [1.29, 1.82) is 0 Å². The molecule has 0 saturated carbocycles. The van der Waals surface area contributed by atoms with Crippen LogP contribution in [0.15, 0.2) is 42.9 Å². The molecule has 2 fully saturated rings. The van der Waals surface area contributed by atoms with Gasteiger partial charge < -0.3 is 9.64 Å². The summed E-state index contributed by atoms with van der Waals surface area (Å²) in [5.41, 5.74) is 3.74. The lowest BCUT2D eigenvalue weighted by Gasteiger charge is -2.33. The largest absolute Gasteiger partial charge is 0.371 e. The van der Waals surface area contributed by atoms with E-state index in [-0.39, 0.29) is 6.10 Å². The standard InChI is InChI=1S/C19H24N4O/c1-2-6-18(23-9-3-4-10-23)16(5-1)14-22-11-12-24-19(15-22)17-13-20-7-8-21-17/h1-2,5-8,13,19H,3-4,9-12,14-15H2/t19-/m0/s1. The van der Waals surface area contributed by atoms with Crippen LogP contribution in [0.25, 0.3) is 0 Å². The molecule has 0 unspecified atom stereocenters. The van der Waals surface area contributed by atoms with Crippen molar-refractivity contribution in [2.24, 2.45) is 0 Å². The first-order valence-corrected chi connectivity index (χ1v) is 8.83. The first-order valence-electron chi connectivity index (χ1n) is 8.83. The van der Waals surface area contributed by atoms with Gasteiger partial charge in [0.05, 0.1) is 18.5 Å². The average Bonchev–Trinajstić information content (AvgIpc) is 3.18. The molecule has 2 aromatic rings. The van der Waals surface area contributed by atoms with Crippen molar-refractivity contribution in [3.8, 4) is 0 Å². The summed E-state index contributed by atoms with van der Waals surface area (Å²) in [4.78, 5) is 13.6. The number of para-hydroxylation sites is 1. The van der Waals surface area contributed by atoms with Gasteiger partial charge in [-0.2, -0.15) is 0 Å². The van der Waals surface area contributed by atoms with Gasteiger partial charge in [-0.3, -0.25) is 14.9 Å². The normalized spacial score (nSPS) is 22.0. The zero-order valence-corrected chi connectivity index (χ0v) is 14.0. The topological polar surface area (TPSA) is 41.5 Å². The summed E-state index contributed by atoms with van der Waals surface area (Å²) in [6.07, 6.45) is 7.89. The molecule has 1 aromatic carbocycles. The molecular weight excluding hydrogens is 300 g/mol. The minimum absolute atomic E-state index is 0.0198. The maximum Gasteiger partial charge on any atom is 0.114 e. The van der Waals surface area contributed by atoms with Crippen LogP contribution in [0.3, 0.4) is 0 Å². The Bertz CT molecular complexity index is 657. The predicted molar refractivity (Wildman–Crippen MR) is 93.9 cm³/mol. The molecule has 5 heteroatoms. The van der Waals surface area contributed by atoms with Crippen molar-refractivity contribution in [3.63, 3.8) is 0 Å². The Morgan fingerprint density at radius 1 is 1.08 bits per heavy atom. The van der Waals surface area contributed by atoms with Gasteiger partial charge in [-0.25, -0.2) is 0 Å². The zero-order valence-electron chi connectivity index (χ0n) is 14.0. The molecule has 0 spiro atoms. The van der Waals surface area contributed by atoms with Crippen LogP contribution in [0.2, 0.25) is 0 Å². The second kappa shape index (κ2) is 7.28. The van der Waals surface area contributed by atoms with Crippen LogP contribution in [-0.4, -0.2) is 47.7 Å². The molecule has 24 heavy (non-hydrogen) atoms. The van der Waals surface area contributed by atoms with Crippen molar-refractivity contribution >= 4 is 5.69 Å². The summed E-state index contributed by atoms with van der Waals surface area (Å²) >= 11 is 0. The van der Waals surface area contributed by atoms with Crippen molar-refractivity contribution in [3.05, 3.63) is 54.1 Å². The maximum atomic E-state index is 5.91. The minimum atomic E-state index is 0.0198. The molecule has 2 aliphatic rings. The molecule has 4 rings (SSSR count). The van der Waals surface area contributed by atoms with Gasteiger partial charge in [0.15, 0.2) is 0 Å². The lowest BCUT2D eigenvalue weighted by Crippen LogP contribution is -2.38. The number of benzene rings is 1. The third-order valence-corrected chi connectivity index (χ3v) is 4.90. The van der Waals surface area contributed by atoms with Crippen LogP contribution in [0.4, 0.5) is 5.69 Å². The lowest BCUT2D eigenvalue weighted by atomic mass is 10.1. The third-order valence-electron chi connectivity index (χ3n) is 4.90. The number of hydrogen-bond donors (Lipinski definition) is 0. The van der Waals surface area contributed by atoms with E-state index in [4.69, 9.17) is 4.74 Å². The number of nitrogens with zero attached hydrogens (tertiary/aromatic N) is 4. The molecule has 126 valence electrons. The molecule has 1 aromatic heterocycles. The van der Waals surface area contributed by atoms with Crippen molar-refractivity contribution in [2.45, 2.75) is 25.5 Å². The summed E-state index contributed by atoms with van der Waals surface area (Å²) in [6, 6.07) is 8.83. The molecule has 5 nitrogen and oxygen atoms in total. The van der Waals surface area contributed by atoms with Crippen molar-refractivity contribution in [2.75, 3.05) is 37.7 Å². The molecule has 0 amide bonds. The van der Waals surface area contributed by atoms with Gasteiger partial charge in [0, 0.05) is 50.8 Å². The Balaban J connectivity index is 1.47. The maximum absolute atomic E-state index is 5.91. The number of ether oxygens (including phenoxy) is 1. The second-order valence-corrected chi connectivity index (χ2v) is 6.55. The SMILES string of the molecule is c1ccc(N2CCCC2)c(CN2CCO[C@H](c3cnccn3)C2)c1. The summed E-state index contributed by atoms with van der Waals surface area (Å²) in [5, 5.41) is 0. The van der Waals surface area contributed by atoms with Crippen molar-refractivity contribution < 1.29 is 4.74 Å². The zero-order chi connectivity index (χ0) is 16.2. The van der Waals surface area contributed by atoms with Gasteiger partial charge in [-0.1, -0.05) is 18.2 Å². The van der Waals surface area contributed by atoms with Crippen LogP contribution in [0.5, 0.6) is 0 Å². The highest BCUT2D eigenvalue weighted by Gasteiger charge is 2.24. The molecule has 2 aliphatic heterocycles. The summed E-state index contributed by atoms with van der Waals surface area (Å²) < 4.78 is 5.91. The molecule has 0 radical (unpaired) electrons. The van der Waals surface area contributed by atoms with E-state index in [1.807, 2.05) is 6.20 Å². The fraction of sp³-hybridized carbons (Fsp3) is 0.474. The van der Waals surface area contributed by atoms with E-state index < -0.39 is 0 Å². The van der Waals surface area contributed by atoms with Gasteiger partial charge in [0.1, 0.15) is 6.10 Å². The molecular formula is C19H24N4O. The Morgan fingerprint density at radius 3 is 2.79 bits per heavy atom. The molecule has 0 bridgehead atoms. The van der Waals surface area contributed by atoms with Gasteiger partial charge in [0.2, 0.25) is 0 Å². The number of morpholine rings is 1. The molecule has 3 heterocycles. The Hall–Kier alpha value is -1.98. The third kappa shape index (κ3) is 3.42. The lowest BCUT2D eigenvalue weighted by molar-refractivity contribution is -0.0351. The van der Waals surface area contributed by atoms with Crippen LogP contribution in [-0.2, 0) is 11.3 Å². The van der Waals surface area contributed by atoms with E-state index in [0.717, 1.165) is 31.9 Å². The van der Waals surface area contributed by atoms with Gasteiger partial charge in [-0.15, -0.1) is 0 Å². The smallest absolute Gasteiger partial charge is 0.114 e. The Labute approximate surface area is 143 Å². The van der Waals surface area contributed by atoms with E-state index in [1.165, 1.54) is 37.2 Å². The van der Waals surface area contributed by atoms with E-state index in [1.54, 1.807) is 12.4 Å². The molecule has 0 aliphatic carbocycles. The Kier molecular flexibility index (Phi) is 4.71. The quantitative estimate of drug-likeness (QED) is 0.865. The fourth-order valence-corrected chi connectivity index (χ4v) is 3.65. The van der Waals surface area contributed by atoms with Crippen LogP contribution < -0.4 is 4.90 Å². The first kappa shape index (κ1) is 15.5. The number of hydrogen-bond acceptors (Lipinski definition) is 5. The fourth-order valence-electron chi connectivity index (χ4n) is 3.65. The highest BCUT2D eigenvalue weighted by molar-refractivity contribution is 5.54. The van der Waals surface area contributed by atoms with Gasteiger partial charge >= 0.3 is 0 Å². The van der Waals surface area contributed by atoms with E-state index >= 15 is 0 Å². The molecule has 1 atom stereocenters. The number of anilines is 1. The van der Waals surface area contributed by atoms with E-state index in [2.05, 4.69) is 44.0 Å². The summed E-state index contributed by atoms with van der Waals surface area (Å²) in [6.45, 7) is 5.91. The summed E-state index contributed by atoms with van der Waals surface area (Å²) in [7, 11) is 0. The highest BCUT2D eigenvalue weighted by atomic mass is 16.5. The number of rotatable bonds is 4. The average molecular weight is 324 g/mol. The Morgan fingerprint density at radius 2 is 1.96 bits per heavy atom. The monoisotopic (exact) mass is 324 g/mol. The van der Waals surface area contributed by atoms with Gasteiger partial charge in [0.25, 0.3) is 0 Å². The van der Waals surface area contributed by atoms with Gasteiger partial charge in [-0.05, 0) is 24.5 Å². The van der Waals surface area contributed by atoms with Crippen molar-refractivity contribution in [1.82, 2.24) is 14.9 Å². The minimum Gasteiger partial charge on any atom is -0.371 e. The molecule has 2 saturated heterocycles. The van der Waals surface area contributed by atoms with Crippen LogP contribution in [0.1, 0.15) is 30.2 Å². The van der Waals surface area contributed by atoms with E-state index in [9.17, 15) is 0 Å². The first-order chi connectivity index (χ1) is 11.9. The number of aromatic nitrogens is 2. The van der Waals surface area contributed by atoms with E-state index in [0.29, 0.717) is 0 Å². The molecule has 0 N–H and O–H groups in total. The predicted octanol–water partition coefficient (Wildman–Crippen LogP) is 2.65.